The highest BCUT2D eigenvalue weighted by Gasteiger charge is 2.31. The number of hydrogen-bond acceptors (Lipinski definition) is 7. The van der Waals surface area contributed by atoms with Crippen LogP contribution in [0.4, 0.5) is 24.8 Å². The predicted molar refractivity (Wildman–Crippen MR) is 153 cm³/mol. The van der Waals surface area contributed by atoms with Crippen LogP contribution in [-0.2, 0) is 17.5 Å². The van der Waals surface area contributed by atoms with Crippen LogP contribution < -0.4 is 21.7 Å². The van der Waals surface area contributed by atoms with Crippen molar-refractivity contribution in [2.45, 2.75) is 45.1 Å². The third-order valence-electron chi connectivity index (χ3n) is 6.97. The monoisotopic (exact) mass is 578 g/mol. The number of nitrogens with one attached hydrogen (secondary N) is 3. The summed E-state index contributed by atoms with van der Waals surface area (Å²) in [4.78, 5) is 33.4. The second kappa shape index (κ2) is 11.6. The summed E-state index contributed by atoms with van der Waals surface area (Å²) in [7, 11) is 0. The number of benzene rings is 1. The van der Waals surface area contributed by atoms with Gasteiger partial charge in [0.05, 0.1) is 22.5 Å². The molecule has 0 saturated heterocycles. The third kappa shape index (κ3) is 6.10. The van der Waals surface area contributed by atoms with Crippen molar-refractivity contribution in [2.75, 3.05) is 17.6 Å². The fourth-order valence-electron chi connectivity index (χ4n) is 4.67. The normalized spacial score (nSPS) is 18.8. The number of hydrogen-bond donors (Lipinski definition) is 4. The van der Waals surface area contributed by atoms with E-state index in [1.165, 1.54) is 0 Å². The van der Waals surface area contributed by atoms with Gasteiger partial charge >= 0.3 is 6.18 Å². The van der Waals surface area contributed by atoms with Gasteiger partial charge < -0.3 is 21.7 Å². The summed E-state index contributed by atoms with van der Waals surface area (Å²) in [5.41, 5.74) is 8.49. The number of alkyl halides is 3. The van der Waals surface area contributed by atoms with Crippen molar-refractivity contribution in [3.63, 3.8) is 0 Å². The second-order valence-electron chi connectivity index (χ2n) is 10.1. The summed E-state index contributed by atoms with van der Waals surface area (Å²) in [6.07, 6.45) is 2.54. The Bertz CT molecular complexity index is 1660. The standard InChI is InChI=1S/C29H29F3N8O2/c1-16-10-13-40-25-20(4-3-11-34-17(2)27(41)37-16)15-36-26(33)23(25)24(39-40)18-5-7-19(8-6-18)28(42)38-22-14-21(9-12-35-22)29(30,31)32/h3-9,12,14-17,34H,10-11,13H2,1-2H3,(H2,33,36)(H,37,41)(H,35,38,42)/b4-3+/t16-,17+/m1/s1. The van der Waals surface area contributed by atoms with Crippen molar-refractivity contribution in [2.24, 2.45) is 0 Å². The molecule has 0 fully saturated rings. The number of pyridine rings is 2. The van der Waals surface area contributed by atoms with Gasteiger partial charge in [0.15, 0.2) is 0 Å². The Balaban J connectivity index is 1.47. The molecule has 5 N–H and O–H groups in total. The molecule has 42 heavy (non-hydrogen) atoms. The summed E-state index contributed by atoms with van der Waals surface area (Å²) >= 11 is 0. The molecule has 3 aromatic heterocycles. The van der Waals surface area contributed by atoms with Gasteiger partial charge in [-0.1, -0.05) is 24.3 Å². The smallest absolute Gasteiger partial charge is 0.383 e. The zero-order valence-electron chi connectivity index (χ0n) is 22.9. The number of carbonyl (C=O) groups excluding carboxylic acids is 2. The van der Waals surface area contributed by atoms with E-state index < -0.39 is 17.6 Å². The highest BCUT2D eigenvalue weighted by Crippen LogP contribution is 2.34. The number of carbonyl (C=O) groups is 2. The molecule has 1 aliphatic heterocycles. The molecule has 4 aromatic rings. The fraction of sp³-hybridized carbons (Fsp3) is 0.276. The molecule has 0 aliphatic carbocycles. The van der Waals surface area contributed by atoms with Gasteiger partial charge in [0, 0.05) is 48.2 Å². The van der Waals surface area contributed by atoms with E-state index in [-0.39, 0.29) is 29.4 Å². The highest BCUT2D eigenvalue weighted by molar-refractivity contribution is 6.06. The van der Waals surface area contributed by atoms with Crippen LogP contribution in [0.2, 0.25) is 0 Å². The van der Waals surface area contributed by atoms with Crippen LogP contribution in [0.3, 0.4) is 0 Å². The van der Waals surface area contributed by atoms with Crippen molar-refractivity contribution in [1.82, 2.24) is 30.4 Å². The average molecular weight is 579 g/mol. The third-order valence-corrected chi connectivity index (χ3v) is 6.97. The molecule has 1 aromatic carbocycles. The lowest BCUT2D eigenvalue weighted by molar-refractivity contribution is -0.137. The van der Waals surface area contributed by atoms with Gasteiger partial charge in [-0.3, -0.25) is 14.3 Å². The SMILES string of the molecule is C[C@@H]1CCn2nc(-c3ccc(C(=O)Nc4cc(C(F)(F)F)ccn4)cc3)c3c(N)ncc(c32)/C=C/CN[C@@H](C)C(=O)N1. The number of halogens is 3. The van der Waals surface area contributed by atoms with Crippen molar-refractivity contribution in [3.8, 4) is 11.3 Å². The zero-order valence-corrected chi connectivity index (χ0v) is 22.9. The van der Waals surface area contributed by atoms with Gasteiger partial charge in [-0.15, -0.1) is 0 Å². The van der Waals surface area contributed by atoms with Gasteiger partial charge in [0.25, 0.3) is 5.91 Å². The maximum absolute atomic E-state index is 13.0. The first kappa shape index (κ1) is 28.7. The average Bonchev–Trinajstić information content (AvgIpc) is 3.35. The number of anilines is 2. The summed E-state index contributed by atoms with van der Waals surface area (Å²) < 4.78 is 40.9. The second-order valence-corrected chi connectivity index (χ2v) is 10.1. The van der Waals surface area contributed by atoms with Crippen LogP contribution in [0.25, 0.3) is 28.2 Å². The minimum atomic E-state index is -4.56. The van der Waals surface area contributed by atoms with Crippen LogP contribution in [0, 0.1) is 0 Å². The molecular weight excluding hydrogens is 549 g/mol. The van der Waals surface area contributed by atoms with Gasteiger partial charge in [0.2, 0.25) is 5.91 Å². The summed E-state index contributed by atoms with van der Waals surface area (Å²) in [6.45, 7) is 4.71. The Labute approximate surface area is 239 Å². The molecule has 4 heterocycles. The van der Waals surface area contributed by atoms with Gasteiger partial charge in [-0.2, -0.15) is 18.3 Å². The van der Waals surface area contributed by atoms with Crippen molar-refractivity contribution in [1.29, 1.82) is 0 Å². The predicted octanol–water partition coefficient (Wildman–Crippen LogP) is 4.25. The zero-order chi connectivity index (χ0) is 30.0. The van der Waals surface area contributed by atoms with Crippen LogP contribution in [0.1, 0.15) is 41.8 Å². The van der Waals surface area contributed by atoms with Crippen molar-refractivity contribution in [3.05, 3.63) is 71.6 Å². The number of nitrogens with two attached hydrogens (primary N) is 1. The number of amides is 2. The van der Waals surface area contributed by atoms with E-state index in [2.05, 4.69) is 25.9 Å². The molecule has 2 atom stereocenters. The van der Waals surface area contributed by atoms with E-state index in [9.17, 15) is 22.8 Å². The minimum absolute atomic E-state index is 0.0853. The van der Waals surface area contributed by atoms with Crippen LogP contribution >= 0.6 is 0 Å². The molecule has 10 nitrogen and oxygen atoms in total. The minimum Gasteiger partial charge on any atom is -0.383 e. The van der Waals surface area contributed by atoms with E-state index in [1.54, 1.807) is 30.5 Å². The van der Waals surface area contributed by atoms with Gasteiger partial charge in [0.1, 0.15) is 17.3 Å². The largest absolute Gasteiger partial charge is 0.416 e. The molecule has 1 aliphatic rings. The summed E-state index contributed by atoms with van der Waals surface area (Å²) in [5, 5.41) is 14.1. The quantitative estimate of drug-likeness (QED) is 0.285. The first-order valence-corrected chi connectivity index (χ1v) is 13.3. The Hall–Kier alpha value is -4.78. The van der Waals surface area contributed by atoms with Crippen LogP contribution in [0.5, 0.6) is 0 Å². The Morgan fingerprint density at radius 1 is 1.14 bits per heavy atom. The Morgan fingerprint density at radius 3 is 2.64 bits per heavy atom. The maximum atomic E-state index is 13.0. The number of nitrogen functional groups attached to an aromatic ring is 1. The summed E-state index contributed by atoms with van der Waals surface area (Å²) in [5.74, 6) is -0.619. The van der Waals surface area contributed by atoms with E-state index in [0.29, 0.717) is 42.0 Å². The molecule has 2 amide bonds. The van der Waals surface area contributed by atoms with Crippen LogP contribution in [-0.4, -0.2) is 50.2 Å². The number of aryl methyl sites for hydroxylation is 1. The summed E-state index contributed by atoms with van der Waals surface area (Å²) in [6, 6.07) is 7.63. The van der Waals surface area contributed by atoms with Gasteiger partial charge in [-0.25, -0.2) is 9.97 Å². The van der Waals surface area contributed by atoms with E-state index in [0.717, 1.165) is 29.4 Å². The van der Waals surface area contributed by atoms with E-state index in [4.69, 9.17) is 10.8 Å². The maximum Gasteiger partial charge on any atom is 0.416 e. The molecular formula is C29H29F3N8O2. The number of rotatable bonds is 3. The molecule has 0 spiro atoms. The Kier molecular flexibility index (Phi) is 7.94. The Morgan fingerprint density at radius 2 is 1.90 bits per heavy atom. The van der Waals surface area contributed by atoms with Crippen molar-refractivity contribution >= 4 is 40.4 Å². The lowest BCUT2D eigenvalue weighted by atomic mass is 10.0. The van der Waals surface area contributed by atoms with E-state index in [1.807, 2.05) is 30.7 Å². The highest BCUT2D eigenvalue weighted by atomic mass is 19.4. The first-order valence-electron chi connectivity index (χ1n) is 13.3. The lowest BCUT2D eigenvalue weighted by Gasteiger charge is -2.18. The first-order chi connectivity index (χ1) is 20.0. The van der Waals surface area contributed by atoms with Crippen molar-refractivity contribution < 1.29 is 22.8 Å². The number of nitrogens with zero attached hydrogens (tertiary/aromatic N) is 4. The molecule has 0 bridgehead atoms. The van der Waals surface area contributed by atoms with Gasteiger partial charge in [-0.05, 0) is 44.5 Å². The molecule has 218 valence electrons. The molecule has 0 radical (unpaired) electrons. The number of aromatic nitrogens is 4. The molecule has 13 heteroatoms. The fourth-order valence-corrected chi connectivity index (χ4v) is 4.67. The molecule has 0 unspecified atom stereocenters. The van der Waals surface area contributed by atoms with E-state index >= 15 is 0 Å². The molecule has 5 rings (SSSR count). The topological polar surface area (TPSA) is 140 Å². The molecule has 0 saturated carbocycles. The van der Waals surface area contributed by atoms with Crippen LogP contribution in [0.15, 0.2) is 54.9 Å². The lowest BCUT2D eigenvalue weighted by Crippen LogP contribution is -2.45.